The van der Waals surface area contributed by atoms with Gasteiger partial charge in [0.05, 0.1) is 10.9 Å². The first-order valence-electron chi connectivity index (χ1n) is 11.3. The van der Waals surface area contributed by atoms with Crippen molar-refractivity contribution in [2.24, 2.45) is 0 Å². The summed E-state index contributed by atoms with van der Waals surface area (Å²) in [5.41, 5.74) is 12.8. The Kier molecular flexibility index (Phi) is 3.27. The van der Waals surface area contributed by atoms with Gasteiger partial charge in [-0.25, -0.2) is 0 Å². The zero-order valence-electron chi connectivity index (χ0n) is 17.7. The minimum absolute atomic E-state index is 0.345. The molecule has 1 heterocycles. The van der Waals surface area contributed by atoms with Crippen molar-refractivity contribution in [2.75, 3.05) is 0 Å². The average Bonchev–Trinajstić information content (AvgIpc) is 3.48. The molecule has 33 heavy (non-hydrogen) atoms. The van der Waals surface area contributed by atoms with E-state index in [0.29, 0.717) is 0 Å². The third-order valence-corrected chi connectivity index (χ3v) is 8.36. The Bertz CT molecular complexity index is 1790. The van der Waals surface area contributed by atoms with Crippen LogP contribution in [0.5, 0.6) is 0 Å². The molecule has 1 aromatic heterocycles. The van der Waals surface area contributed by atoms with Crippen molar-refractivity contribution in [3.05, 3.63) is 130 Å². The van der Waals surface area contributed by atoms with Gasteiger partial charge in [0.15, 0.2) is 0 Å². The molecule has 0 aliphatic heterocycles. The number of halogens is 1. The van der Waals surface area contributed by atoms with Crippen molar-refractivity contribution in [2.45, 2.75) is 5.41 Å². The molecule has 154 valence electrons. The van der Waals surface area contributed by atoms with Crippen molar-refractivity contribution in [3.8, 4) is 22.3 Å². The highest BCUT2D eigenvalue weighted by molar-refractivity contribution is 9.10. The van der Waals surface area contributed by atoms with Crippen LogP contribution in [0.2, 0.25) is 0 Å². The zero-order chi connectivity index (χ0) is 21.7. The fraction of sp³-hybridized carbons (Fsp3) is 0.0323. The summed E-state index contributed by atoms with van der Waals surface area (Å²) < 4.78 is 1.15. The number of fused-ring (bicyclic) bond motifs is 14. The summed E-state index contributed by atoms with van der Waals surface area (Å²) in [4.78, 5) is 3.83. The number of para-hydroxylation sites is 1. The molecular weight excluding hydrogens is 466 g/mol. The van der Waals surface area contributed by atoms with Crippen LogP contribution in [0.3, 0.4) is 0 Å². The molecular formula is C31H18BrN. The fourth-order valence-electron chi connectivity index (χ4n) is 6.56. The number of hydrogen-bond acceptors (Lipinski definition) is 0. The molecule has 1 spiro atoms. The fourth-order valence-corrected chi connectivity index (χ4v) is 7.14. The number of nitrogens with one attached hydrogen (secondary N) is 1. The molecule has 0 fully saturated rings. The lowest BCUT2D eigenvalue weighted by molar-refractivity contribution is 0.799. The van der Waals surface area contributed by atoms with Gasteiger partial charge in [0.2, 0.25) is 0 Å². The van der Waals surface area contributed by atoms with Crippen LogP contribution < -0.4 is 0 Å². The van der Waals surface area contributed by atoms with E-state index in [9.17, 15) is 0 Å². The first kappa shape index (κ1) is 17.9. The molecule has 0 saturated heterocycles. The lowest BCUT2D eigenvalue weighted by atomic mass is 9.70. The Hall–Kier alpha value is -3.62. The second-order valence-corrected chi connectivity index (χ2v) is 9.94. The second-order valence-electron chi connectivity index (χ2n) is 9.08. The summed E-state index contributed by atoms with van der Waals surface area (Å²) >= 11 is 3.90. The summed E-state index contributed by atoms with van der Waals surface area (Å²) in [5.74, 6) is 0. The molecule has 8 rings (SSSR count). The number of H-pyrrole nitrogens is 1. The monoisotopic (exact) mass is 483 g/mol. The zero-order valence-corrected chi connectivity index (χ0v) is 19.3. The predicted octanol–water partition coefficient (Wildman–Crippen LogP) is 8.43. The summed E-state index contributed by atoms with van der Waals surface area (Å²) in [6.07, 6.45) is 0. The molecule has 6 aromatic rings. The van der Waals surface area contributed by atoms with Crippen LogP contribution in [0, 0.1) is 0 Å². The van der Waals surface area contributed by atoms with Crippen LogP contribution in [-0.4, -0.2) is 4.98 Å². The van der Waals surface area contributed by atoms with E-state index in [2.05, 4.69) is 124 Å². The van der Waals surface area contributed by atoms with Crippen molar-refractivity contribution >= 4 is 37.7 Å². The Morgan fingerprint density at radius 3 is 2.12 bits per heavy atom. The van der Waals surface area contributed by atoms with Gasteiger partial charge in [0.1, 0.15) is 0 Å². The van der Waals surface area contributed by atoms with E-state index >= 15 is 0 Å². The molecule has 1 N–H and O–H groups in total. The largest absolute Gasteiger partial charge is 0.354 e. The standard InChI is InChI=1S/C31H18BrN/c32-26-14-7-13-25-28(26)22-10-2-5-12-24(22)31(25)23-11-4-1-8-18(23)20-16-17-21-19-9-3-6-15-27(19)33-30(21)29(20)31/h1-17,33H. The third-order valence-electron chi connectivity index (χ3n) is 7.70. The predicted molar refractivity (Wildman–Crippen MR) is 140 cm³/mol. The lowest BCUT2D eigenvalue weighted by Crippen LogP contribution is -2.26. The average molecular weight is 484 g/mol. The van der Waals surface area contributed by atoms with Gasteiger partial charge in [0.25, 0.3) is 0 Å². The number of aromatic amines is 1. The van der Waals surface area contributed by atoms with Crippen molar-refractivity contribution in [1.82, 2.24) is 4.98 Å². The lowest BCUT2D eigenvalue weighted by Gasteiger charge is -2.30. The number of hydrogen-bond donors (Lipinski definition) is 1. The summed E-state index contributed by atoms with van der Waals surface area (Å²) in [6.45, 7) is 0. The van der Waals surface area contributed by atoms with Gasteiger partial charge in [0, 0.05) is 31.9 Å². The van der Waals surface area contributed by atoms with E-state index in [1.165, 1.54) is 66.3 Å². The molecule has 1 nitrogen and oxygen atoms in total. The highest BCUT2D eigenvalue weighted by atomic mass is 79.9. The molecule has 2 aliphatic carbocycles. The van der Waals surface area contributed by atoms with E-state index < -0.39 is 0 Å². The van der Waals surface area contributed by atoms with Crippen molar-refractivity contribution in [3.63, 3.8) is 0 Å². The minimum Gasteiger partial charge on any atom is -0.354 e. The van der Waals surface area contributed by atoms with E-state index in [1.54, 1.807) is 0 Å². The molecule has 0 saturated carbocycles. The molecule has 1 atom stereocenters. The van der Waals surface area contributed by atoms with Crippen molar-refractivity contribution < 1.29 is 0 Å². The molecule has 2 heteroatoms. The van der Waals surface area contributed by atoms with E-state index in [4.69, 9.17) is 0 Å². The van der Waals surface area contributed by atoms with Crippen LogP contribution in [0.1, 0.15) is 22.3 Å². The Balaban J connectivity index is 1.67. The van der Waals surface area contributed by atoms with Gasteiger partial charge < -0.3 is 4.98 Å². The Labute approximate surface area is 199 Å². The van der Waals surface area contributed by atoms with E-state index in [-0.39, 0.29) is 5.41 Å². The highest BCUT2D eigenvalue weighted by Gasteiger charge is 2.53. The van der Waals surface area contributed by atoms with Crippen molar-refractivity contribution in [1.29, 1.82) is 0 Å². The van der Waals surface area contributed by atoms with E-state index in [0.717, 1.165) is 4.47 Å². The Morgan fingerprint density at radius 1 is 0.545 bits per heavy atom. The van der Waals surface area contributed by atoms with Gasteiger partial charge in [-0.1, -0.05) is 107 Å². The van der Waals surface area contributed by atoms with Crippen LogP contribution in [0.15, 0.2) is 108 Å². The van der Waals surface area contributed by atoms with Gasteiger partial charge >= 0.3 is 0 Å². The summed E-state index contributed by atoms with van der Waals surface area (Å²) in [7, 11) is 0. The minimum atomic E-state index is -0.345. The SMILES string of the molecule is Brc1cccc2c1-c1ccccc1C21c2ccccc2-c2ccc3c([nH]c4ccccc43)c21. The maximum Gasteiger partial charge on any atom is 0.0746 e. The maximum atomic E-state index is 3.90. The maximum absolute atomic E-state index is 3.90. The van der Waals surface area contributed by atoms with Gasteiger partial charge in [-0.15, -0.1) is 0 Å². The molecule has 0 bridgehead atoms. The molecule has 1 unspecified atom stereocenters. The van der Waals surface area contributed by atoms with Crippen LogP contribution >= 0.6 is 15.9 Å². The summed E-state index contributed by atoms with van der Waals surface area (Å²) in [6, 6.07) is 37.9. The van der Waals surface area contributed by atoms with Crippen LogP contribution in [0.25, 0.3) is 44.1 Å². The summed E-state index contributed by atoms with van der Waals surface area (Å²) in [5, 5.41) is 2.57. The number of benzene rings is 5. The smallest absolute Gasteiger partial charge is 0.0746 e. The first-order valence-corrected chi connectivity index (χ1v) is 12.1. The van der Waals surface area contributed by atoms with Crippen LogP contribution in [-0.2, 0) is 5.41 Å². The molecule has 0 amide bonds. The quantitative estimate of drug-likeness (QED) is 0.222. The normalized spacial score (nSPS) is 17.4. The Morgan fingerprint density at radius 2 is 1.24 bits per heavy atom. The van der Waals surface area contributed by atoms with Gasteiger partial charge in [-0.3, -0.25) is 0 Å². The highest BCUT2D eigenvalue weighted by Crippen LogP contribution is 2.64. The van der Waals surface area contributed by atoms with Gasteiger partial charge in [-0.05, 0) is 45.5 Å². The second kappa shape index (κ2) is 6.03. The molecule has 5 aromatic carbocycles. The van der Waals surface area contributed by atoms with Crippen LogP contribution in [0.4, 0.5) is 0 Å². The third kappa shape index (κ3) is 1.96. The van der Waals surface area contributed by atoms with E-state index in [1.807, 2.05) is 0 Å². The number of aromatic nitrogens is 1. The topological polar surface area (TPSA) is 15.8 Å². The number of rotatable bonds is 0. The molecule has 0 radical (unpaired) electrons. The van der Waals surface area contributed by atoms with Gasteiger partial charge in [-0.2, -0.15) is 0 Å². The first-order chi connectivity index (χ1) is 16.3. The molecule has 2 aliphatic rings.